The first kappa shape index (κ1) is 25.3. The average molecular weight is 402 g/mol. The fraction of sp³-hybridized carbons (Fsp3) is 1.00. The molecule has 1 aliphatic carbocycles. The van der Waals surface area contributed by atoms with Crippen molar-refractivity contribution in [3.05, 3.63) is 0 Å². The van der Waals surface area contributed by atoms with Crippen molar-refractivity contribution >= 4 is 15.2 Å². The number of hydrogen-bond donors (Lipinski definition) is 4. The van der Waals surface area contributed by atoms with Crippen molar-refractivity contribution in [1.82, 2.24) is 0 Å². The van der Waals surface area contributed by atoms with E-state index in [9.17, 15) is 19.1 Å². The molecule has 1 aliphatic rings. The first-order valence-corrected chi connectivity index (χ1v) is 12.5. The minimum Gasteiger partial charge on any atom is -0.368 e. The quantitative estimate of drug-likeness (QED) is 0.307. The molecule has 1 saturated carbocycles. The Morgan fingerprint density at radius 3 is 1.64 bits per heavy atom. The summed E-state index contributed by atoms with van der Waals surface area (Å²) in [6, 6.07) is 0. The Morgan fingerprint density at radius 1 is 0.840 bits per heavy atom. The topological polar surface area (TPSA) is 124 Å². The highest BCUT2D eigenvalue weighted by Crippen LogP contribution is 2.69. The third kappa shape index (κ3) is 10.2. The first-order valence-electron chi connectivity index (χ1n) is 9.31. The molecule has 0 spiro atoms. The molecular weight excluding hydrogens is 366 g/mol. The van der Waals surface area contributed by atoms with Gasteiger partial charge in [0.2, 0.25) is 0 Å². The highest BCUT2D eigenvalue weighted by Gasteiger charge is 2.56. The maximum atomic E-state index is 11.6. The van der Waals surface area contributed by atoms with Crippen LogP contribution in [0.2, 0.25) is 0 Å². The maximum Gasteiger partial charge on any atom is 0.371 e. The number of hydrogen-bond acceptors (Lipinski definition) is 4. The van der Waals surface area contributed by atoms with Crippen molar-refractivity contribution in [1.29, 1.82) is 0 Å². The van der Waals surface area contributed by atoms with Crippen LogP contribution in [0.5, 0.6) is 0 Å². The summed E-state index contributed by atoms with van der Waals surface area (Å²) in [5, 5.41) is 6.38. The summed E-state index contributed by atoms with van der Waals surface area (Å²) in [4.78, 5) is 27.1. The highest BCUT2D eigenvalue weighted by molar-refractivity contribution is 7.72. The monoisotopic (exact) mass is 402 g/mol. The Hall–Kier alpha value is 0.260. The van der Waals surface area contributed by atoms with Crippen LogP contribution in [0.4, 0.5) is 0 Å². The van der Waals surface area contributed by atoms with Crippen LogP contribution in [0.1, 0.15) is 90.9 Å². The van der Waals surface area contributed by atoms with Gasteiger partial charge in [0.1, 0.15) is 0 Å². The lowest BCUT2D eigenvalue weighted by atomic mass is 10.0. The Bertz CT molecular complexity index is 419. The smallest absolute Gasteiger partial charge is 0.368 e. The fourth-order valence-corrected chi connectivity index (χ4v) is 4.53. The highest BCUT2D eigenvalue weighted by atomic mass is 31.2. The molecule has 2 unspecified atom stereocenters. The predicted octanol–water partition coefficient (Wildman–Crippen LogP) is 4.73. The Morgan fingerprint density at radius 2 is 1.24 bits per heavy atom. The van der Waals surface area contributed by atoms with Crippen molar-refractivity contribution in [2.75, 3.05) is 6.61 Å². The van der Waals surface area contributed by atoms with Gasteiger partial charge in [-0.3, -0.25) is 9.13 Å². The summed E-state index contributed by atoms with van der Waals surface area (Å²) in [6.07, 6.45) is 14.6. The molecule has 0 radical (unpaired) electrons. The minimum atomic E-state index is -5.14. The van der Waals surface area contributed by atoms with Crippen molar-refractivity contribution in [2.45, 2.75) is 96.0 Å². The second kappa shape index (κ2) is 12.6. The molecule has 2 atom stereocenters. The lowest BCUT2D eigenvalue weighted by molar-refractivity contribution is 0.127. The van der Waals surface area contributed by atoms with Gasteiger partial charge in [0.25, 0.3) is 5.08 Å². The van der Waals surface area contributed by atoms with Crippen molar-refractivity contribution in [2.24, 2.45) is 0 Å². The van der Waals surface area contributed by atoms with Gasteiger partial charge in [-0.1, -0.05) is 77.6 Å². The number of unbranched alkanes of at least 4 members (excludes halogenated alkanes) is 5. The molecule has 152 valence electrons. The van der Waals surface area contributed by atoms with Gasteiger partial charge in [0.15, 0.2) is 0 Å². The van der Waals surface area contributed by atoms with E-state index in [1.165, 1.54) is 38.5 Å². The fourth-order valence-electron chi connectivity index (χ4n) is 2.42. The van der Waals surface area contributed by atoms with Crippen LogP contribution in [0.3, 0.4) is 0 Å². The van der Waals surface area contributed by atoms with Crippen LogP contribution in [-0.2, 0) is 13.7 Å². The summed E-state index contributed by atoms with van der Waals surface area (Å²) in [5.41, 5.74) is 0. The Kier molecular flexibility index (Phi) is 12.7. The van der Waals surface area contributed by atoms with Gasteiger partial charge in [-0.2, -0.15) is 0 Å². The van der Waals surface area contributed by atoms with Gasteiger partial charge in [0, 0.05) is 0 Å². The van der Waals surface area contributed by atoms with Crippen LogP contribution >= 0.6 is 15.2 Å². The SMILES string of the molecule is C1CCCCC1.CCCCCCCCOP(=O)(O)C(C)(O)P(=O)(O)O. The lowest BCUT2D eigenvalue weighted by Gasteiger charge is -2.28. The molecule has 7 nitrogen and oxygen atoms in total. The molecule has 0 bridgehead atoms. The van der Waals surface area contributed by atoms with E-state index in [4.69, 9.17) is 9.79 Å². The Balaban J connectivity index is 0.000000796. The molecule has 9 heteroatoms. The molecule has 0 saturated heterocycles. The van der Waals surface area contributed by atoms with Crippen LogP contribution in [0, 0.1) is 0 Å². The largest absolute Gasteiger partial charge is 0.371 e. The molecule has 0 aromatic carbocycles. The zero-order valence-corrected chi connectivity index (χ0v) is 17.4. The zero-order chi connectivity index (χ0) is 19.4. The van der Waals surface area contributed by atoms with E-state index >= 15 is 0 Å². The van der Waals surface area contributed by atoms with Gasteiger partial charge >= 0.3 is 15.2 Å². The average Bonchev–Trinajstić information content (AvgIpc) is 2.55. The number of aliphatic hydroxyl groups is 1. The van der Waals surface area contributed by atoms with E-state index in [1.807, 2.05) is 0 Å². The van der Waals surface area contributed by atoms with Gasteiger partial charge in [-0.05, 0) is 13.3 Å². The van der Waals surface area contributed by atoms with Gasteiger partial charge in [0.05, 0.1) is 6.61 Å². The second-order valence-corrected chi connectivity index (χ2v) is 11.2. The molecule has 1 fully saturated rings. The van der Waals surface area contributed by atoms with Crippen molar-refractivity contribution < 1.29 is 33.4 Å². The third-order valence-corrected chi connectivity index (χ3v) is 8.60. The third-order valence-electron chi connectivity index (χ3n) is 4.35. The van der Waals surface area contributed by atoms with Crippen LogP contribution in [0.25, 0.3) is 0 Å². The summed E-state index contributed by atoms with van der Waals surface area (Å²) in [5.74, 6) is 0. The molecule has 25 heavy (non-hydrogen) atoms. The lowest BCUT2D eigenvalue weighted by Crippen LogP contribution is -2.25. The standard InChI is InChI=1S/C10H24O7P2.C6H12/c1-3-4-5-6-7-8-9-17-19(15,16)10(2,11)18(12,13)14;1-2-4-6-5-3-1/h11H,3-9H2,1-2H3,(H,15,16)(H2,12,13,14);1-6H2. The van der Waals surface area contributed by atoms with Gasteiger partial charge in [-0.15, -0.1) is 0 Å². The normalized spacial score (nSPS) is 20.1. The van der Waals surface area contributed by atoms with Crippen molar-refractivity contribution in [3.8, 4) is 0 Å². The summed E-state index contributed by atoms with van der Waals surface area (Å²) < 4.78 is 27.1. The zero-order valence-electron chi connectivity index (χ0n) is 15.6. The van der Waals surface area contributed by atoms with Gasteiger partial charge < -0.3 is 24.3 Å². The van der Waals surface area contributed by atoms with Crippen molar-refractivity contribution in [3.63, 3.8) is 0 Å². The van der Waals surface area contributed by atoms with Crippen LogP contribution < -0.4 is 0 Å². The van der Waals surface area contributed by atoms with E-state index < -0.39 is 20.3 Å². The van der Waals surface area contributed by atoms with Crippen LogP contribution in [0.15, 0.2) is 0 Å². The molecule has 0 heterocycles. The summed E-state index contributed by atoms with van der Waals surface area (Å²) in [7, 11) is -9.93. The molecule has 1 rings (SSSR count). The minimum absolute atomic E-state index is 0.115. The van der Waals surface area contributed by atoms with E-state index in [0.717, 1.165) is 32.1 Å². The van der Waals surface area contributed by atoms with E-state index in [2.05, 4.69) is 11.4 Å². The van der Waals surface area contributed by atoms with Gasteiger partial charge in [-0.25, -0.2) is 0 Å². The van der Waals surface area contributed by atoms with E-state index in [-0.39, 0.29) is 6.61 Å². The second-order valence-electron chi connectivity index (χ2n) is 6.76. The first-order chi connectivity index (χ1) is 11.6. The molecule has 4 N–H and O–H groups in total. The molecular formula is C16H36O7P2. The molecule has 0 aromatic rings. The molecule has 0 amide bonds. The van der Waals surface area contributed by atoms with Crippen LogP contribution in [-0.4, -0.2) is 31.5 Å². The summed E-state index contributed by atoms with van der Waals surface area (Å²) in [6.45, 7) is 2.58. The summed E-state index contributed by atoms with van der Waals surface area (Å²) >= 11 is 0. The predicted molar refractivity (Wildman–Crippen MR) is 99.5 cm³/mol. The Labute approximate surface area is 151 Å². The molecule has 0 aliphatic heterocycles. The maximum absolute atomic E-state index is 11.6. The molecule has 0 aromatic heterocycles. The van der Waals surface area contributed by atoms with E-state index in [1.54, 1.807) is 0 Å². The number of rotatable bonds is 10. The van der Waals surface area contributed by atoms with E-state index in [0.29, 0.717) is 13.3 Å².